The average molecular weight is 486 g/mol. The summed E-state index contributed by atoms with van der Waals surface area (Å²) in [5.74, 6) is -1.63. The van der Waals surface area contributed by atoms with Gasteiger partial charge in [0.05, 0.1) is 26.1 Å². The Bertz CT molecular complexity index is 1600. The standard InChI is InChI=1S/C19H15N7O5S2/c27-19(28)18-21-12-3-1-2-11(15(12)22-18)10-4-5-13(33(30,31)9-6-7-20-8-9)16(32-29)14(10)17-23-25-26-24-17/h1-5,9,20,29H,6-8H2,(H,27,28)/t9-/m0/s1. The normalized spacial score (nSPS) is 20.1. The van der Waals surface area contributed by atoms with Crippen LogP contribution in [-0.4, -0.2) is 48.2 Å². The quantitative estimate of drug-likeness (QED) is 0.546. The molecule has 0 aromatic heterocycles. The number of fused-ring (bicyclic) bond motifs is 1. The summed E-state index contributed by atoms with van der Waals surface area (Å²) in [5.41, 5.74) is 0.349. The topological polar surface area (TPSA) is 178 Å². The van der Waals surface area contributed by atoms with Crippen molar-refractivity contribution < 1.29 is 22.9 Å². The first-order chi connectivity index (χ1) is 15.9. The first kappa shape index (κ1) is 21.5. The Labute approximate surface area is 190 Å². The van der Waals surface area contributed by atoms with Gasteiger partial charge in [0.25, 0.3) is 0 Å². The number of nitrogens with one attached hydrogen (secondary N) is 1. The van der Waals surface area contributed by atoms with Crippen LogP contribution in [0.15, 0.2) is 70.8 Å². The summed E-state index contributed by atoms with van der Waals surface area (Å²) in [6.07, 6.45) is 0.450. The fraction of sp³-hybridized carbons (Fsp3) is 0.211. The number of hydrogen-bond acceptors (Lipinski definition) is 12. The number of carbonyl (C=O) groups is 1. The first-order valence-corrected chi connectivity index (χ1v) is 12.0. The molecule has 0 unspecified atom stereocenters. The molecule has 3 aliphatic heterocycles. The van der Waals surface area contributed by atoms with Crippen LogP contribution >= 0.6 is 12.0 Å². The number of aliphatic carboxylic acids is 1. The zero-order valence-corrected chi connectivity index (χ0v) is 18.3. The van der Waals surface area contributed by atoms with Gasteiger partial charge in [-0.15, -0.1) is 10.2 Å². The number of carboxylic acids is 1. The molecule has 1 fully saturated rings. The van der Waals surface area contributed by atoms with Gasteiger partial charge in [0.1, 0.15) is 0 Å². The Balaban J connectivity index is 1.94. The van der Waals surface area contributed by atoms with Crippen LogP contribution in [-0.2, 0) is 14.6 Å². The van der Waals surface area contributed by atoms with Crippen molar-refractivity contribution in [1.29, 1.82) is 0 Å². The first-order valence-electron chi connectivity index (χ1n) is 9.71. The number of aliphatic imine (C=N–C) groups is 1. The maximum Gasteiger partial charge on any atom is 0.373 e. The van der Waals surface area contributed by atoms with Crippen molar-refractivity contribution in [3.8, 4) is 0 Å². The van der Waals surface area contributed by atoms with Crippen LogP contribution in [0.4, 0.5) is 5.69 Å². The molecule has 5 rings (SSSR count). The van der Waals surface area contributed by atoms with Gasteiger partial charge in [0.15, 0.2) is 9.84 Å². The smallest absolute Gasteiger partial charge is 0.373 e. The molecule has 3 heterocycles. The van der Waals surface area contributed by atoms with E-state index < -0.39 is 21.1 Å². The van der Waals surface area contributed by atoms with Crippen molar-refractivity contribution in [2.45, 2.75) is 21.5 Å². The third kappa shape index (κ3) is 3.56. The van der Waals surface area contributed by atoms with Gasteiger partial charge in [-0.25, -0.2) is 23.2 Å². The molecular weight excluding hydrogens is 470 g/mol. The van der Waals surface area contributed by atoms with E-state index >= 15 is 0 Å². The predicted molar refractivity (Wildman–Crippen MR) is 116 cm³/mol. The van der Waals surface area contributed by atoms with E-state index in [0.717, 1.165) is 0 Å². The van der Waals surface area contributed by atoms with Gasteiger partial charge in [-0.1, -0.05) is 18.2 Å². The number of para-hydroxylation sites is 1. The molecule has 2 aromatic rings. The molecular formula is C19H15N7O5S2. The molecule has 0 spiro atoms. The fourth-order valence-electron chi connectivity index (χ4n) is 3.94. The largest absolute Gasteiger partial charge is 0.475 e. The van der Waals surface area contributed by atoms with E-state index in [4.69, 9.17) is 0 Å². The summed E-state index contributed by atoms with van der Waals surface area (Å²) in [7, 11) is -3.79. The molecule has 3 aliphatic rings. The Morgan fingerprint density at radius 2 is 1.88 bits per heavy atom. The van der Waals surface area contributed by atoms with Crippen LogP contribution in [0.3, 0.4) is 0 Å². The molecule has 3 N–H and O–H groups in total. The number of sulfone groups is 1. The summed E-state index contributed by atoms with van der Waals surface area (Å²) in [6, 6.07) is 7.96. The average Bonchev–Trinajstić information content (AvgIpc) is 3.58. The van der Waals surface area contributed by atoms with Crippen LogP contribution in [0.1, 0.15) is 6.42 Å². The highest BCUT2D eigenvalue weighted by Crippen LogP contribution is 2.28. The van der Waals surface area contributed by atoms with E-state index in [9.17, 15) is 22.9 Å². The number of amidine groups is 1. The number of hydrogen-bond donors (Lipinski definition) is 3. The van der Waals surface area contributed by atoms with Gasteiger partial charge >= 0.3 is 5.97 Å². The second-order valence-electron chi connectivity index (χ2n) is 7.29. The van der Waals surface area contributed by atoms with Crippen LogP contribution in [0, 0.1) is 10.4 Å². The Hall–Kier alpha value is -3.33. The second kappa shape index (κ2) is 8.22. The molecule has 2 aromatic carbocycles. The maximum atomic E-state index is 13.4. The zero-order chi connectivity index (χ0) is 23.2. The summed E-state index contributed by atoms with van der Waals surface area (Å²) in [5, 5.41) is 27.9. The van der Waals surface area contributed by atoms with E-state index in [-0.39, 0.29) is 38.7 Å². The Morgan fingerprint density at radius 1 is 1.09 bits per heavy atom. The minimum absolute atomic E-state index is 0.0122. The molecule has 0 bridgehead atoms. The van der Waals surface area contributed by atoms with Crippen molar-refractivity contribution in [2.24, 2.45) is 30.7 Å². The third-order valence-electron chi connectivity index (χ3n) is 5.46. The SMILES string of the molecule is O=C(O)C1=Nc2cccc(=c3ccc(S(=O)(=O)[C@H]4CCNC4)c(SO)c3=C3N=NN=N3)c2=N1. The molecule has 1 saturated heterocycles. The van der Waals surface area contributed by atoms with Gasteiger partial charge < -0.3 is 15.0 Å². The molecule has 0 amide bonds. The summed E-state index contributed by atoms with van der Waals surface area (Å²) in [6.45, 7) is 0.894. The monoisotopic (exact) mass is 485 g/mol. The van der Waals surface area contributed by atoms with Gasteiger partial charge in [0.2, 0.25) is 11.7 Å². The van der Waals surface area contributed by atoms with Crippen LogP contribution in [0.25, 0.3) is 5.82 Å². The minimum Gasteiger partial charge on any atom is -0.475 e. The molecule has 14 heteroatoms. The van der Waals surface area contributed by atoms with Gasteiger partial charge in [-0.3, -0.25) is 0 Å². The van der Waals surface area contributed by atoms with Crippen molar-refractivity contribution >= 4 is 45.2 Å². The van der Waals surface area contributed by atoms with Crippen molar-refractivity contribution in [3.05, 3.63) is 51.3 Å². The minimum atomic E-state index is -3.79. The molecule has 33 heavy (non-hydrogen) atoms. The van der Waals surface area contributed by atoms with Crippen molar-refractivity contribution in [2.75, 3.05) is 13.1 Å². The molecule has 0 radical (unpaired) electrons. The molecule has 12 nitrogen and oxygen atoms in total. The Kier molecular flexibility index (Phi) is 5.36. The lowest BCUT2D eigenvalue weighted by Crippen LogP contribution is -2.27. The fourth-order valence-corrected chi connectivity index (χ4v) is 6.59. The lowest BCUT2D eigenvalue weighted by atomic mass is 10.1. The summed E-state index contributed by atoms with van der Waals surface area (Å²) < 4.78 is 36.9. The zero-order valence-electron chi connectivity index (χ0n) is 16.7. The molecule has 1 atom stereocenters. The van der Waals surface area contributed by atoms with E-state index in [0.29, 0.717) is 41.0 Å². The number of rotatable bonds is 4. The third-order valence-corrected chi connectivity index (χ3v) is 8.43. The van der Waals surface area contributed by atoms with Crippen LogP contribution in [0.5, 0.6) is 0 Å². The van der Waals surface area contributed by atoms with Gasteiger partial charge in [-0.2, -0.15) is 0 Å². The summed E-state index contributed by atoms with van der Waals surface area (Å²) >= 11 is 0.265. The highest BCUT2D eigenvalue weighted by molar-refractivity contribution is 7.96. The second-order valence-corrected chi connectivity index (χ2v) is 10.1. The Morgan fingerprint density at radius 3 is 2.55 bits per heavy atom. The van der Waals surface area contributed by atoms with E-state index in [1.165, 1.54) is 6.07 Å². The number of nitrogens with zero attached hydrogens (tertiary/aromatic N) is 6. The van der Waals surface area contributed by atoms with E-state index in [2.05, 4.69) is 36.0 Å². The molecule has 0 aliphatic carbocycles. The molecule has 168 valence electrons. The van der Waals surface area contributed by atoms with Crippen LogP contribution < -0.4 is 15.9 Å². The van der Waals surface area contributed by atoms with Gasteiger partial charge in [0, 0.05) is 29.0 Å². The predicted octanol–water partition coefficient (Wildman–Crippen LogP) is 1.32. The lowest BCUT2D eigenvalue weighted by molar-refractivity contribution is -0.129. The van der Waals surface area contributed by atoms with E-state index in [1.54, 1.807) is 24.3 Å². The highest BCUT2D eigenvalue weighted by atomic mass is 32.2. The number of carboxylic acid groups (broad SMARTS) is 1. The maximum absolute atomic E-state index is 13.4. The highest BCUT2D eigenvalue weighted by Gasteiger charge is 2.33. The summed E-state index contributed by atoms with van der Waals surface area (Å²) in [4.78, 5) is 19.5. The van der Waals surface area contributed by atoms with Crippen molar-refractivity contribution in [3.63, 3.8) is 0 Å². The molecule has 0 saturated carbocycles. The van der Waals surface area contributed by atoms with Gasteiger partial charge in [-0.05, 0) is 40.8 Å². The lowest BCUT2D eigenvalue weighted by Gasteiger charge is -2.14. The number of benzene rings is 2. The van der Waals surface area contributed by atoms with Crippen LogP contribution in [0.2, 0.25) is 0 Å². The van der Waals surface area contributed by atoms with Crippen molar-refractivity contribution in [1.82, 2.24) is 5.32 Å². The van der Waals surface area contributed by atoms with E-state index in [1.807, 2.05) is 0 Å².